The quantitative estimate of drug-likeness (QED) is 0.883. The molecule has 2 nitrogen and oxygen atoms in total. The van der Waals surface area contributed by atoms with Crippen LogP contribution in [0.15, 0.2) is 39.4 Å². The molecule has 1 aliphatic rings. The molecular formula is C17H20BrNO. The first-order chi connectivity index (χ1) is 9.78. The summed E-state index contributed by atoms with van der Waals surface area (Å²) in [5, 5.41) is 3.52. The largest absolute Gasteiger partial charge is 0.452 e. The molecule has 0 aliphatic heterocycles. The fraction of sp³-hybridized carbons (Fsp3) is 0.412. The fourth-order valence-electron chi connectivity index (χ4n) is 3.00. The molecule has 0 saturated carbocycles. The molecule has 1 aromatic carbocycles. The summed E-state index contributed by atoms with van der Waals surface area (Å²) in [6.07, 6.45) is 5.08. The third kappa shape index (κ3) is 2.84. The van der Waals surface area contributed by atoms with Gasteiger partial charge in [-0.1, -0.05) is 25.1 Å². The third-order valence-electron chi connectivity index (χ3n) is 3.99. The monoisotopic (exact) mass is 333 g/mol. The molecular weight excluding hydrogens is 314 g/mol. The van der Waals surface area contributed by atoms with Gasteiger partial charge in [0.15, 0.2) is 4.67 Å². The van der Waals surface area contributed by atoms with E-state index in [0.29, 0.717) is 0 Å². The molecule has 0 amide bonds. The minimum absolute atomic E-state index is 0.138. The molecule has 1 aromatic heterocycles. The van der Waals surface area contributed by atoms with Crippen LogP contribution in [0.1, 0.15) is 48.3 Å². The Hall–Kier alpha value is -1.06. The van der Waals surface area contributed by atoms with Crippen LogP contribution in [0, 0.1) is 0 Å². The SMILES string of the molecule is CCNC(c1ccc2c(c1)CCCC2)c1ccc(Br)o1. The van der Waals surface area contributed by atoms with Gasteiger partial charge in [-0.15, -0.1) is 0 Å². The Bertz CT molecular complexity index is 590. The molecule has 106 valence electrons. The van der Waals surface area contributed by atoms with E-state index in [2.05, 4.69) is 46.4 Å². The van der Waals surface area contributed by atoms with Crippen molar-refractivity contribution in [2.24, 2.45) is 0 Å². The second-order valence-corrected chi connectivity index (χ2v) is 6.15. The highest BCUT2D eigenvalue weighted by atomic mass is 79.9. The fourth-order valence-corrected chi connectivity index (χ4v) is 3.32. The lowest BCUT2D eigenvalue weighted by molar-refractivity contribution is 0.437. The van der Waals surface area contributed by atoms with Crippen molar-refractivity contribution in [1.82, 2.24) is 5.32 Å². The Labute approximate surface area is 128 Å². The van der Waals surface area contributed by atoms with Gasteiger partial charge in [-0.25, -0.2) is 0 Å². The third-order valence-corrected chi connectivity index (χ3v) is 4.42. The highest BCUT2D eigenvalue weighted by Crippen LogP contribution is 2.29. The van der Waals surface area contributed by atoms with Gasteiger partial charge in [0.1, 0.15) is 5.76 Å². The van der Waals surface area contributed by atoms with Crippen LogP contribution < -0.4 is 5.32 Å². The van der Waals surface area contributed by atoms with Gasteiger partial charge in [0, 0.05) is 0 Å². The van der Waals surface area contributed by atoms with E-state index in [1.165, 1.54) is 42.4 Å². The predicted octanol–water partition coefficient (Wildman–Crippen LogP) is 4.62. The summed E-state index contributed by atoms with van der Waals surface area (Å²) in [6, 6.07) is 11.0. The first-order valence-electron chi connectivity index (χ1n) is 7.38. The maximum Gasteiger partial charge on any atom is 0.169 e. The van der Waals surface area contributed by atoms with Crippen molar-refractivity contribution in [2.45, 2.75) is 38.6 Å². The molecule has 0 spiro atoms. The molecule has 0 fully saturated rings. The zero-order valence-electron chi connectivity index (χ0n) is 11.8. The average Bonchev–Trinajstić information content (AvgIpc) is 2.90. The summed E-state index contributed by atoms with van der Waals surface area (Å²) in [4.78, 5) is 0. The highest BCUT2D eigenvalue weighted by molar-refractivity contribution is 9.10. The Morgan fingerprint density at radius 2 is 1.95 bits per heavy atom. The average molecular weight is 334 g/mol. The molecule has 0 saturated heterocycles. The summed E-state index contributed by atoms with van der Waals surface area (Å²) in [5.74, 6) is 0.967. The van der Waals surface area contributed by atoms with Crippen LogP contribution in [0.2, 0.25) is 0 Å². The number of nitrogens with one attached hydrogen (secondary N) is 1. The zero-order chi connectivity index (χ0) is 13.9. The molecule has 0 bridgehead atoms. The van der Waals surface area contributed by atoms with E-state index >= 15 is 0 Å². The van der Waals surface area contributed by atoms with Crippen LogP contribution in [0.3, 0.4) is 0 Å². The number of halogens is 1. The van der Waals surface area contributed by atoms with Gasteiger partial charge < -0.3 is 9.73 Å². The lowest BCUT2D eigenvalue weighted by atomic mass is 9.89. The Kier molecular flexibility index (Phi) is 4.27. The van der Waals surface area contributed by atoms with Crippen molar-refractivity contribution in [3.63, 3.8) is 0 Å². The van der Waals surface area contributed by atoms with Crippen LogP contribution in [0.4, 0.5) is 0 Å². The number of aryl methyl sites for hydroxylation is 2. The zero-order valence-corrected chi connectivity index (χ0v) is 13.4. The lowest BCUT2D eigenvalue weighted by Crippen LogP contribution is -2.22. The van der Waals surface area contributed by atoms with E-state index in [-0.39, 0.29) is 6.04 Å². The van der Waals surface area contributed by atoms with Crippen LogP contribution in [0.5, 0.6) is 0 Å². The molecule has 1 N–H and O–H groups in total. The summed E-state index contributed by atoms with van der Waals surface area (Å²) in [5.41, 5.74) is 4.34. The Balaban J connectivity index is 1.95. The second-order valence-electron chi connectivity index (χ2n) is 5.37. The van der Waals surface area contributed by atoms with Gasteiger partial charge in [0.25, 0.3) is 0 Å². The van der Waals surface area contributed by atoms with Crippen molar-refractivity contribution in [2.75, 3.05) is 6.54 Å². The lowest BCUT2D eigenvalue weighted by Gasteiger charge is -2.21. The molecule has 1 aliphatic carbocycles. The molecule has 1 atom stereocenters. The minimum Gasteiger partial charge on any atom is -0.452 e. The van der Waals surface area contributed by atoms with Crippen molar-refractivity contribution in [3.8, 4) is 0 Å². The molecule has 3 heteroatoms. The predicted molar refractivity (Wildman–Crippen MR) is 85.0 cm³/mol. The van der Waals surface area contributed by atoms with Crippen LogP contribution >= 0.6 is 15.9 Å². The number of hydrogen-bond donors (Lipinski definition) is 1. The number of hydrogen-bond acceptors (Lipinski definition) is 2. The summed E-state index contributed by atoms with van der Waals surface area (Å²) < 4.78 is 6.54. The van der Waals surface area contributed by atoms with E-state index in [1.807, 2.05) is 12.1 Å². The normalized spacial score (nSPS) is 15.9. The smallest absolute Gasteiger partial charge is 0.169 e. The first kappa shape index (κ1) is 13.9. The Morgan fingerprint density at radius 1 is 1.15 bits per heavy atom. The van der Waals surface area contributed by atoms with Gasteiger partial charge in [-0.05, 0) is 77.0 Å². The molecule has 3 rings (SSSR count). The van der Waals surface area contributed by atoms with Crippen LogP contribution in [0.25, 0.3) is 0 Å². The topological polar surface area (TPSA) is 25.2 Å². The van der Waals surface area contributed by atoms with E-state index in [1.54, 1.807) is 0 Å². The van der Waals surface area contributed by atoms with E-state index in [4.69, 9.17) is 4.42 Å². The van der Waals surface area contributed by atoms with Gasteiger partial charge >= 0.3 is 0 Å². The van der Waals surface area contributed by atoms with Gasteiger partial charge in [-0.3, -0.25) is 0 Å². The van der Waals surface area contributed by atoms with Crippen LogP contribution in [-0.2, 0) is 12.8 Å². The van der Waals surface area contributed by atoms with E-state index in [9.17, 15) is 0 Å². The molecule has 2 aromatic rings. The molecule has 1 heterocycles. The summed E-state index contributed by atoms with van der Waals surface area (Å²) >= 11 is 3.39. The van der Waals surface area contributed by atoms with Crippen molar-refractivity contribution >= 4 is 15.9 Å². The van der Waals surface area contributed by atoms with E-state index < -0.39 is 0 Å². The van der Waals surface area contributed by atoms with Crippen molar-refractivity contribution in [1.29, 1.82) is 0 Å². The Morgan fingerprint density at radius 3 is 2.65 bits per heavy atom. The number of furan rings is 1. The summed E-state index contributed by atoms with van der Waals surface area (Å²) in [6.45, 7) is 3.05. The molecule has 1 unspecified atom stereocenters. The van der Waals surface area contributed by atoms with Crippen LogP contribution in [-0.4, -0.2) is 6.54 Å². The second kappa shape index (κ2) is 6.15. The van der Waals surface area contributed by atoms with Gasteiger partial charge in [-0.2, -0.15) is 0 Å². The number of benzene rings is 1. The minimum atomic E-state index is 0.138. The maximum absolute atomic E-state index is 5.75. The summed E-state index contributed by atoms with van der Waals surface area (Å²) in [7, 11) is 0. The van der Waals surface area contributed by atoms with Crippen molar-refractivity contribution in [3.05, 3.63) is 57.5 Å². The standard InChI is InChI=1S/C17H20BrNO/c1-2-19-17(15-9-10-16(18)20-15)14-8-7-12-5-3-4-6-13(12)11-14/h7-11,17,19H,2-6H2,1H3. The number of fused-ring (bicyclic) bond motifs is 1. The highest BCUT2D eigenvalue weighted by Gasteiger charge is 2.19. The maximum atomic E-state index is 5.75. The van der Waals surface area contributed by atoms with Gasteiger partial charge in [0.2, 0.25) is 0 Å². The number of rotatable bonds is 4. The first-order valence-corrected chi connectivity index (χ1v) is 8.17. The van der Waals surface area contributed by atoms with Gasteiger partial charge in [0.05, 0.1) is 6.04 Å². The molecule has 0 radical (unpaired) electrons. The van der Waals surface area contributed by atoms with Crippen molar-refractivity contribution < 1.29 is 4.42 Å². The molecule has 20 heavy (non-hydrogen) atoms. The van der Waals surface area contributed by atoms with E-state index in [0.717, 1.165) is 17.0 Å².